The Morgan fingerprint density at radius 1 is 0.833 bits per heavy atom. The van der Waals surface area contributed by atoms with E-state index in [-0.39, 0.29) is 0 Å². The molecule has 0 radical (unpaired) electrons. The minimum Gasteiger partial charge on any atom is -0.459 e. The van der Waals surface area contributed by atoms with Crippen molar-refractivity contribution in [2.24, 2.45) is 0 Å². The lowest BCUT2D eigenvalue weighted by Gasteiger charge is -2.38. The SMILES string of the molecule is CCC(=O)OCC(F)(F)C(F)(F)C(F)(F)C(F)(F)C(F)(F)C(F)F. The molecular weight excluding hydrogens is 380 g/mol. The molecule has 144 valence electrons. The zero-order valence-electron chi connectivity index (χ0n) is 11.3. The van der Waals surface area contributed by atoms with Crippen LogP contribution in [0.25, 0.3) is 0 Å². The van der Waals surface area contributed by atoms with Gasteiger partial charge in [0.05, 0.1) is 0 Å². The zero-order chi connectivity index (χ0) is 19.8. The van der Waals surface area contributed by atoms with E-state index in [1.165, 1.54) is 0 Å². The number of carbonyl (C=O) groups is 1. The maximum Gasteiger partial charge on any atom is 0.384 e. The Morgan fingerprint density at radius 2 is 1.25 bits per heavy atom. The number of alkyl halides is 12. The molecule has 0 fully saturated rings. The van der Waals surface area contributed by atoms with Crippen LogP contribution in [0.2, 0.25) is 0 Å². The molecular formula is C10H8F12O2. The summed E-state index contributed by atoms with van der Waals surface area (Å²) in [4.78, 5) is 10.5. The lowest BCUT2D eigenvalue weighted by atomic mass is 9.94. The van der Waals surface area contributed by atoms with E-state index in [4.69, 9.17) is 0 Å². The van der Waals surface area contributed by atoms with Gasteiger partial charge in [0.2, 0.25) is 0 Å². The summed E-state index contributed by atoms with van der Waals surface area (Å²) in [5.74, 6) is -37.3. The van der Waals surface area contributed by atoms with Gasteiger partial charge in [0.25, 0.3) is 0 Å². The summed E-state index contributed by atoms with van der Waals surface area (Å²) in [5.41, 5.74) is 0. The van der Waals surface area contributed by atoms with Crippen molar-refractivity contribution in [3.63, 3.8) is 0 Å². The van der Waals surface area contributed by atoms with Gasteiger partial charge in [-0.2, -0.15) is 43.9 Å². The molecule has 0 rings (SSSR count). The van der Waals surface area contributed by atoms with E-state index in [0.717, 1.165) is 6.92 Å². The van der Waals surface area contributed by atoms with Crippen LogP contribution in [-0.2, 0) is 9.53 Å². The Kier molecular flexibility index (Phi) is 6.13. The quantitative estimate of drug-likeness (QED) is 0.456. The molecule has 0 saturated carbocycles. The number of hydrogen-bond donors (Lipinski definition) is 0. The van der Waals surface area contributed by atoms with Crippen LogP contribution < -0.4 is 0 Å². The van der Waals surface area contributed by atoms with Crippen LogP contribution in [0.3, 0.4) is 0 Å². The van der Waals surface area contributed by atoms with Gasteiger partial charge in [-0.15, -0.1) is 0 Å². The lowest BCUT2D eigenvalue weighted by Crippen LogP contribution is -2.69. The second-order valence-corrected chi connectivity index (χ2v) is 4.37. The average Bonchev–Trinajstić information content (AvgIpc) is 2.43. The first-order chi connectivity index (χ1) is 10.4. The summed E-state index contributed by atoms with van der Waals surface area (Å²) in [7, 11) is 0. The first-order valence-corrected chi connectivity index (χ1v) is 5.73. The number of hydrogen-bond acceptors (Lipinski definition) is 2. The van der Waals surface area contributed by atoms with Crippen molar-refractivity contribution in [1.29, 1.82) is 0 Å². The predicted molar refractivity (Wildman–Crippen MR) is 52.0 cm³/mol. The smallest absolute Gasteiger partial charge is 0.384 e. The van der Waals surface area contributed by atoms with Crippen LogP contribution in [0.1, 0.15) is 13.3 Å². The van der Waals surface area contributed by atoms with Crippen LogP contribution in [0, 0.1) is 0 Å². The molecule has 0 N–H and O–H groups in total. The van der Waals surface area contributed by atoms with E-state index in [1.54, 1.807) is 0 Å². The fourth-order valence-corrected chi connectivity index (χ4v) is 1.14. The Balaban J connectivity index is 5.84. The third-order valence-corrected chi connectivity index (χ3v) is 2.64. The second-order valence-electron chi connectivity index (χ2n) is 4.37. The molecule has 14 heteroatoms. The number of ether oxygens (including phenoxy) is 1. The summed E-state index contributed by atoms with van der Waals surface area (Å²) in [6, 6.07) is 0. The van der Waals surface area contributed by atoms with Crippen molar-refractivity contribution in [3.05, 3.63) is 0 Å². The number of halogens is 12. The molecule has 0 aromatic carbocycles. The van der Waals surface area contributed by atoms with Gasteiger partial charge in [-0.1, -0.05) is 6.92 Å². The fraction of sp³-hybridized carbons (Fsp3) is 0.900. The van der Waals surface area contributed by atoms with Crippen LogP contribution in [-0.4, -0.2) is 48.6 Å². The molecule has 0 aliphatic carbocycles. The highest BCUT2D eigenvalue weighted by atomic mass is 19.4. The van der Waals surface area contributed by atoms with Crippen molar-refractivity contribution in [3.8, 4) is 0 Å². The molecule has 0 unspecified atom stereocenters. The monoisotopic (exact) mass is 388 g/mol. The van der Waals surface area contributed by atoms with Gasteiger partial charge in [0, 0.05) is 6.42 Å². The molecule has 0 aromatic heterocycles. The van der Waals surface area contributed by atoms with Crippen LogP contribution in [0.4, 0.5) is 52.7 Å². The molecule has 0 amide bonds. The largest absolute Gasteiger partial charge is 0.459 e. The average molecular weight is 388 g/mol. The highest BCUT2D eigenvalue weighted by Crippen LogP contribution is 2.58. The maximum absolute atomic E-state index is 13.1. The van der Waals surface area contributed by atoms with Gasteiger partial charge < -0.3 is 4.74 Å². The summed E-state index contributed by atoms with van der Waals surface area (Å²) in [6.45, 7) is -1.90. The van der Waals surface area contributed by atoms with E-state index in [2.05, 4.69) is 4.74 Å². The first kappa shape index (κ1) is 22.6. The summed E-state index contributed by atoms with van der Waals surface area (Å²) in [6.07, 6.45) is -6.25. The molecule has 24 heavy (non-hydrogen) atoms. The van der Waals surface area contributed by atoms with Crippen molar-refractivity contribution in [2.75, 3.05) is 6.61 Å². The van der Waals surface area contributed by atoms with E-state index >= 15 is 0 Å². The number of esters is 1. The summed E-state index contributed by atoms with van der Waals surface area (Å²) in [5, 5.41) is 0. The Morgan fingerprint density at radius 3 is 1.58 bits per heavy atom. The standard InChI is InChI=1S/C10H8F12O2/c1-2-4(23)24-3-6(13,14)8(17,18)10(21,22)9(19,20)7(15,16)5(11)12/h5H,2-3H2,1H3. The van der Waals surface area contributed by atoms with Crippen molar-refractivity contribution in [1.82, 2.24) is 0 Å². The van der Waals surface area contributed by atoms with Crippen LogP contribution >= 0.6 is 0 Å². The topological polar surface area (TPSA) is 26.3 Å². The minimum atomic E-state index is -7.61. The molecule has 0 aliphatic rings. The second kappa shape index (κ2) is 6.50. The zero-order valence-corrected chi connectivity index (χ0v) is 11.3. The van der Waals surface area contributed by atoms with Crippen molar-refractivity contribution < 1.29 is 62.2 Å². The molecule has 0 heterocycles. The predicted octanol–water partition coefficient (Wildman–Crippen LogP) is 4.38. The molecule has 0 aliphatic heterocycles. The van der Waals surface area contributed by atoms with E-state index in [0.29, 0.717) is 0 Å². The molecule has 0 atom stereocenters. The molecule has 0 bridgehead atoms. The van der Waals surface area contributed by atoms with Crippen molar-refractivity contribution in [2.45, 2.75) is 49.4 Å². The summed E-state index contributed by atoms with van der Waals surface area (Å²) < 4.78 is 156. The third kappa shape index (κ3) is 3.36. The van der Waals surface area contributed by atoms with Gasteiger partial charge in [-0.05, 0) is 0 Å². The first-order valence-electron chi connectivity index (χ1n) is 5.73. The maximum atomic E-state index is 13.1. The Bertz CT molecular complexity index is 459. The molecule has 0 saturated heterocycles. The lowest BCUT2D eigenvalue weighted by molar-refractivity contribution is -0.414. The molecule has 2 nitrogen and oxygen atoms in total. The van der Waals surface area contributed by atoms with Crippen LogP contribution in [0.15, 0.2) is 0 Å². The minimum absolute atomic E-state index is 0.697. The van der Waals surface area contributed by atoms with E-state index < -0.39 is 55.0 Å². The van der Waals surface area contributed by atoms with E-state index in [1.807, 2.05) is 0 Å². The number of carbonyl (C=O) groups excluding carboxylic acids is 1. The van der Waals surface area contributed by atoms with Gasteiger partial charge in [0.15, 0.2) is 6.61 Å². The van der Waals surface area contributed by atoms with Crippen molar-refractivity contribution >= 4 is 5.97 Å². The summed E-state index contributed by atoms with van der Waals surface area (Å²) >= 11 is 0. The van der Waals surface area contributed by atoms with Crippen LogP contribution in [0.5, 0.6) is 0 Å². The highest BCUT2D eigenvalue weighted by Gasteiger charge is 2.87. The third-order valence-electron chi connectivity index (χ3n) is 2.64. The molecule has 0 spiro atoms. The van der Waals surface area contributed by atoms with E-state index in [9.17, 15) is 57.5 Å². The van der Waals surface area contributed by atoms with Gasteiger partial charge in [0.1, 0.15) is 0 Å². The number of rotatable bonds is 8. The Hall–Kier alpha value is -1.37. The van der Waals surface area contributed by atoms with Gasteiger partial charge in [-0.25, -0.2) is 8.78 Å². The Labute approximate surface area is 125 Å². The normalized spacial score (nSPS) is 14.9. The fourth-order valence-electron chi connectivity index (χ4n) is 1.14. The van der Waals surface area contributed by atoms with Gasteiger partial charge >= 0.3 is 42.0 Å². The highest BCUT2D eigenvalue weighted by molar-refractivity contribution is 5.68. The molecule has 0 aromatic rings. The van der Waals surface area contributed by atoms with Gasteiger partial charge in [-0.3, -0.25) is 4.79 Å².